The van der Waals surface area contributed by atoms with Crippen molar-refractivity contribution in [1.29, 1.82) is 0 Å². The van der Waals surface area contributed by atoms with Crippen molar-refractivity contribution < 1.29 is 29.3 Å². The van der Waals surface area contributed by atoms with E-state index in [2.05, 4.69) is 0 Å². The first-order valence-electron chi connectivity index (χ1n) is 8.27. The molecule has 0 bridgehead atoms. The van der Waals surface area contributed by atoms with E-state index in [0.717, 1.165) is 5.56 Å². The Hall–Kier alpha value is -2.60. The van der Waals surface area contributed by atoms with Crippen molar-refractivity contribution >= 4 is 11.9 Å². The first-order valence-corrected chi connectivity index (χ1v) is 8.27. The van der Waals surface area contributed by atoms with Gasteiger partial charge in [-0.05, 0) is 46.2 Å². The molecule has 0 aliphatic heterocycles. The number of aliphatic hydroxyl groups is 1. The van der Waals surface area contributed by atoms with Crippen LogP contribution in [0.3, 0.4) is 0 Å². The van der Waals surface area contributed by atoms with Crippen molar-refractivity contribution in [2.75, 3.05) is 13.2 Å². The topological polar surface area (TPSA) is 93.1 Å². The average molecular weight is 362 g/mol. The van der Waals surface area contributed by atoms with E-state index in [1.54, 1.807) is 52.8 Å². The van der Waals surface area contributed by atoms with Gasteiger partial charge in [0.05, 0.1) is 0 Å². The van der Waals surface area contributed by atoms with Crippen LogP contribution in [0.2, 0.25) is 0 Å². The molecule has 0 radical (unpaired) electrons. The summed E-state index contributed by atoms with van der Waals surface area (Å²) in [6.07, 6.45) is 3.17. The van der Waals surface area contributed by atoms with E-state index in [4.69, 9.17) is 9.47 Å². The van der Waals surface area contributed by atoms with Crippen LogP contribution in [0.15, 0.2) is 41.5 Å². The van der Waals surface area contributed by atoms with E-state index < -0.39 is 30.8 Å². The van der Waals surface area contributed by atoms with Crippen LogP contribution in [0, 0.1) is 6.92 Å². The van der Waals surface area contributed by atoms with E-state index in [1.807, 2.05) is 0 Å². The minimum atomic E-state index is -1.88. The van der Waals surface area contributed by atoms with Gasteiger partial charge in [-0.25, -0.2) is 9.59 Å². The third kappa shape index (κ3) is 5.46. The molecule has 0 spiro atoms. The van der Waals surface area contributed by atoms with E-state index in [0.29, 0.717) is 11.1 Å². The predicted molar refractivity (Wildman–Crippen MR) is 97.5 cm³/mol. The fourth-order valence-corrected chi connectivity index (χ4v) is 2.07. The Bertz CT molecular complexity index is 696. The van der Waals surface area contributed by atoms with Crippen LogP contribution in [0.4, 0.5) is 0 Å². The quantitative estimate of drug-likeness (QED) is 0.572. The minimum absolute atomic E-state index is 0.111. The summed E-state index contributed by atoms with van der Waals surface area (Å²) in [7, 11) is 0. The summed E-state index contributed by atoms with van der Waals surface area (Å²) >= 11 is 0. The monoisotopic (exact) mass is 362 g/mol. The molecule has 0 aromatic heterocycles. The third-order valence-electron chi connectivity index (χ3n) is 4.05. The number of benzene rings is 1. The van der Waals surface area contributed by atoms with E-state index in [1.165, 1.54) is 12.1 Å². The van der Waals surface area contributed by atoms with Gasteiger partial charge >= 0.3 is 11.9 Å². The van der Waals surface area contributed by atoms with Crippen LogP contribution < -0.4 is 0 Å². The second kappa shape index (κ2) is 9.20. The molecule has 0 aliphatic rings. The van der Waals surface area contributed by atoms with Crippen LogP contribution in [0.25, 0.3) is 0 Å². The molecule has 26 heavy (non-hydrogen) atoms. The molecule has 6 nitrogen and oxygen atoms in total. The van der Waals surface area contributed by atoms with Gasteiger partial charge in [-0.1, -0.05) is 24.3 Å². The summed E-state index contributed by atoms with van der Waals surface area (Å²) in [5.74, 6) is -1.38. The largest absolute Gasteiger partial charge is 0.508 e. The third-order valence-corrected chi connectivity index (χ3v) is 4.05. The molecular weight excluding hydrogens is 336 g/mol. The van der Waals surface area contributed by atoms with Gasteiger partial charge in [0, 0.05) is 16.7 Å². The van der Waals surface area contributed by atoms with Gasteiger partial charge in [0.1, 0.15) is 19.0 Å². The molecule has 142 valence electrons. The van der Waals surface area contributed by atoms with E-state index in [9.17, 15) is 19.8 Å². The maximum absolute atomic E-state index is 11.9. The second-order valence-corrected chi connectivity index (χ2v) is 6.15. The number of phenolic OH excluding ortho intramolecular Hbond substituents is 1. The van der Waals surface area contributed by atoms with Crippen LogP contribution in [-0.2, 0) is 24.7 Å². The van der Waals surface area contributed by atoms with Crippen molar-refractivity contribution in [1.82, 2.24) is 0 Å². The summed E-state index contributed by atoms with van der Waals surface area (Å²) in [6, 6.07) is 4.67. The second-order valence-electron chi connectivity index (χ2n) is 6.15. The Morgan fingerprint density at radius 3 is 1.88 bits per heavy atom. The van der Waals surface area contributed by atoms with Crippen LogP contribution in [0.1, 0.15) is 38.8 Å². The maximum atomic E-state index is 11.9. The highest BCUT2D eigenvalue weighted by Gasteiger charge is 2.36. The van der Waals surface area contributed by atoms with Gasteiger partial charge < -0.3 is 19.7 Å². The lowest BCUT2D eigenvalue weighted by Gasteiger charge is -2.28. The summed E-state index contributed by atoms with van der Waals surface area (Å²) in [5, 5.41) is 21.2. The van der Waals surface area contributed by atoms with Crippen molar-refractivity contribution in [3.63, 3.8) is 0 Å². The highest BCUT2D eigenvalue weighted by atomic mass is 16.6. The van der Waals surface area contributed by atoms with Crippen LogP contribution >= 0.6 is 0 Å². The fourth-order valence-electron chi connectivity index (χ4n) is 2.07. The minimum Gasteiger partial charge on any atom is -0.508 e. The number of hydrogen-bond acceptors (Lipinski definition) is 6. The molecule has 0 aliphatic carbocycles. The lowest BCUT2D eigenvalue weighted by atomic mass is 9.93. The average Bonchev–Trinajstić information content (AvgIpc) is 2.62. The lowest BCUT2D eigenvalue weighted by Crippen LogP contribution is -2.39. The SMILES string of the molecule is C/C=C(/C)C(=O)OCC(O)(COC(=O)/C(C)=C\C)c1ccc(C)cc1O. The molecule has 0 saturated carbocycles. The molecule has 0 atom stereocenters. The molecule has 1 aromatic rings. The fraction of sp³-hybridized carbons (Fsp3) is 0.400. The number of hydrogen-bond donors (Lipinski definition) is 2. The normalized spacial score (nSPS) is 14.5. The van der Waals surface area contributed by atoms with E-state index >= 15 is 0 Å². The van der Waals surface area contributed by atoms with Gasteiger partial charge in [-0.2, -0.15) is 0 Å². The molecule has 0 heterocycles. The standard InChI is InChI=1S/C20H26O6/c1-6-14(4)18(22)25-11-20(24,12-26-19(23)15(5)7-2)16-9-8-13(3)10-17(16)21/h6-10,21,24H,11-12H2,1-5H3/b14-6-,15-7-. The van der Waals surface area contributed by atoms with Crippen LogP contribution in [0.5, 0.6) is 5.75 Å². The Morgan fingerprint density at radius 2 is 1.50 bits per heavy atom. The molecule has 1 rings (SSSR count). The zero-order chi connectivity index (χ0) is 19.9. The molecule has 0 amide bonds. The number of carbonyl (C=O) groups excluding carboxylic acids is 2. The highest BCUT2D eigenvalue weighted by Crippen LogP contribution is 2.31. The number of aryl methyl sites for hydroxylation is 1. The molecule has 0 fully saturated rings. The molecule has 1 aromatic carbocycles. The van der Waals surface area contributed by atoms with Gasteiger partial charge in [0.25, 0.3) is 0 Å². The number of esters is 2. The number of ether oxygens (including phenoxy) is 2. The predicted octanol–water partition coefficient (Wildman–Crippen LogP) is 2.91. The lowest BCUT2D eigenvalue weighted by molar-refractivity contribution is -0.159. The zero-order valence-corrected chi connectivity index (χ0v) is 15.8. The first kappa shape index (κ1) is 21.4. The summed E-state index contributed by atoms with van der Waals surface area (Å²) in [4.78, 5) is 23.8. The summed E-state index contributed by atoms with van der Waals surface area (Å²) in [5.41, 5.74) is -0.230. The Morgan fingerprint density at radius 1 is 1.04 bits per heavy atom. The maximum Gasteiger partial charge on any atom is 0.333 e. The smallest absolute Gasteiger partial charge is 0.333 e. The van der Waals surface area contributed by atoms with Gasteiger partial charge in [-0.15, -0.1) is 0 Å². The Kier molecular flexibility index (Phi) is 7.58. The highest BCUT2D eigenvalue weighted by molar-refractivity contribution is 5.88. The molecular formula is C20H26O6. The zero-order valence-electron chi connectivity index (χ0n) is 15.8. The van der Waals surface area contributed by atoms with Crippen molar-refractivity contribution in [3.05, 3.63) is 52.6 Å². The Labute approximate surface area is 153 Å². The summed E-state index contributed by atoms with van der Waals surface area (Å²) < 4.78 is 10.3. The van der Waals surface area contributed by atoms with Crippen molar-refractivity contribution in [2.45, 2.75) is 40.2 Å². The van der Waals surface area contributed by atoms with Crippen molar-refractivity contribution in [3.8, 4) is 5.75 Å². The first-order chi connectivity index (χ1) is 12.1. The number of carbonyl (C=O) groups is 2. The van der Waals surface area contributed by atoms with Gasteiger partial charge in [0.15, 0.2) is 5.60 Å². The molecule has 2 N–H and O–H groups in total. The number of allylic oxidation sites excluding steroid dienone is 2. The summed E-state index contributed by atoms with van der Waals surface area (Å²) in [6.45, 7) is 7.38. The van der Waals surface area contributed by atoms with Crippen LogP contribution in [-0.4, -0.2) is 35.4 Å². The molecule has 0 saturated heterocycles. The number of rotatable bonds is 7. The number of aromatic hydroxyl groups is 1. The van der Waals surface area contributed by atoms with E-state index in [-0.39, 0.29) is 11.3 Å². The van der Waals surface area contributed by atoms with Crippen molar-refractivity contribution in [2.24, 2.45) is 0 Å². The van der Waals surface area contributed by atoms with Gasteiger partial charge in [0.2, 0.25) is 0 Å². The molecule has 6 heteroatoms. The number of phenols is 1. The molecule has 0 unspecified atom stereocenters. The Balaban J connectivity index is 3.11. The van der Waals surface area contributed by atoms with Gasteiger partial charge in [-0.3, -0.25) is 0 Å².